The fourth-order valence-electron chi connectivity index (χ4n) is 2.83. The third kappa shape index (κ3) is 4.98. The molecule has 0 radical (unpaired) electrons. The number of rotatable bonds is 5. The Bertz CT molecular complexity index is 859. The van der Waals surface area contributed by atoms with Gasteiger partial charge >= 0.3 is 6.03 Å². The van der Waals surface area contributed by atoms with Gasteiger partial charge in [-0.2, -0.15) is 0 Å². The fraction of sp³-hybridized carbons (Fsp3) is 0.300. The predicted molar refractivity (Wildman–Crippen MR) is 102 cm³/mol. The first-order valence-corrected chi connectivity index (χ1v) is 8.91. The minimum Gasteiger partial charge on any atom is -0.491 e. The number of urea groups is 1. The molecule has 1 heterocycles. The summed E-state index contributed by atoms with van der Waals surface area (Å²) in [6, 6.07) is 10.6. The van der Waals surface area contributed by atoms with Crippen molar-refractivity contribution >= 4 is 17.6 Å². The second-order valence-electron chi connectivity index (χ2n) is 6.28. The van der Waals surface area contributed by atoms with Crippen LogP contribution in [-0.2, 0) is 11.3 Å². The first-order chi connectivity index (χ1) is 13.6. The van der Waals surface area contributed by atoms with Crippen molar-refractivity contribution < 1.29 is 23.5 Å². The zero-order valence-electron chi connectivity index (χ0n) is 15.5. The monoisotopic (exact) mass is 387 g/mol. The van der Waals surface area contributed by atoms with E-state index in [1.807, 2.05) is 0 Å². The molecule has 0 saturated heterocycles. The number of fused-ring (bicyclic) bond motifs is 1. The summed E-state index contributed by atoms with van der Waals surface area (Å²) in [6.07, 6.45) is 0. The summed E-state index contributed by atoms with van der Waals surface area (Å²) in [5, 5.41) is 5.53. The number of ether oxygens (including phenoxy) is 2. The number of carbonyl (C=O) groups is 2. The number of methoxy groups -OCH3 is 1. The summed E-state index contributed by atoms with van der Waals surface area (Å²) in [5.74, 6) is -0.172. The number of halogens is 1. The van der Waals surface area contributed by atoms with E-state index in [9.17, 15) is 14.0 Å². The molecule has 0 spiro atoms. The molecular formula is C20H22FN3O4. The van der Waals surface area contributed by atoms with E-state index < -0.39 is 0 Å². The number of carbonyl (C=O) groups excluding carboxylic acids is 2. The van der Waals surface area contributed by atoms with Crippen LogP contribution in [-0.4, -0.2) is 50.3 Å². The molecule has 0 bridgehead atoms. The van der Waals surface area contributed by atoms with Crippen molar-refractivity contribution in [2.45, 2.75) is 6.54 Å². The van der Waals surface area contributed by atoms with Crippen LogP contribution in [0.4, 0.5) is 14.9 Å². The smallest absolute Gasteiger partial charge is 0.322 e. The average molecular weight is 387 g/mol. The van der Waals surface area contributed by atoms with Gasteiger partial charge in [0.1, 0.15) is 18.2 Å². The number of hydrogen-bond acceptors (Lipinski definition) is 4. The Kier molecular flexibility index (Phi) is 6.44. The van der Waals surface area contributed by atoms with Gasteiger partial charge in [-0.3, -0.25) is 4.79 Å². The van der Waals surface area contributed by atoms with E-state index in [4.69, 9.17) is 9.47 Å². The molecule has 8 heteroatoms. The molecule has 2 N–H and O–H groups in total. The van der Waals surface area contributed by atoms with Crippen molar-refractivity contribution in [2.75, 3.05) is 38.7 Å². The van der Waals surface area contributed by atoms with E-state index in [1.165, 1.54) is 12.1 Å². The summed E-state index contributed by atoms with van der Waals surface area (Å²) < 4.78 is 23.8. The quantitative estimate of drug-likeness (QED) is 0.773. The van der Waals surface area contributed by atoms with Gasteiger partial charge < -0.3 is 25.0 Å². The van der Waals surface area contributed by atoms with E-state index in [2.05, 4.69) is 10.6 Å². The van der Waals surface area contributed by atoms with Gasteiger partial charge in [-0.1, -0.05) is 12.1 Å². The largest absolute Gasteiger partial charge is 0.491 e. The summed E-state index contributed by atoms with van der Waals surface area (Å²) in [5.41, 5.74) is 1.68. The number of nitrogens with one attached hydrogen (secondary N) is 2. The highest BCUT2D eigenvalue weighted by molar-refractivity contribution is 5.96. The number of nitrogens with zero attached hydrogens (tertiary/aromatic N) is 1. The average Bonchev–Trinajstić information content (AvgIpc) is 2.90. The van der Waals surface area contributed by atoms with Crippen LogP contribution in [0.5, 0.6) is 5.75 Å². The molecule has 0 saturated carbocycles. The zero-order valence-corrected chi connectivity index (χ0v) is 15.5. The van der Waals surface area contributed by atoms with Crippen molar-refractivity contribution in [1.82, 2.24) is 10.2 Å². The standard InChI is InChI=1S/C20H22FN3O4/c1-27-9-7-22-19(25)14-3-2-4-17(11-14)23-20(26)24-8-10-28-18-12-16(21)6-5-15(18)13-24/h2-6,11-12H,7-10,13H2,1H3,(H,22,25)(H,23,26). The Labute approximate surface area is 162 Å². The van der Waals surface area contributed by atoms with Crippen molar-refractivity contribution in [3.05, 3.63) is 59.4 Å². The van der Waals surface area contributed by atoms with Gasteiger partial charge in [-0.05, 0) is 24.3 Å². The highest BCUT2D eigenvalue weighted by Gasteiger charge is 2.20. The molecule has 148 valence electrons. The molecule has 0 aromatic heterocycles. The molecule has 0 aliphatic carbocycles. The minimum atomic E-state index is -0.378. The summed E-state index contributed by atoms with van der Waals surface area (Å²) >= 11 is 0. The summed E-state index contributed by atoms with van der Waals surface area (Å²) in [6.45, 7) is 1.76. The molecular weight excluding hydrogens is 365 g/mol. The van der Waals surface area contributed by atoms with Crippen LogP contribution >= 0.6 is 0 Å². The lowest BCUT2D eigenvalue weighted by Gasteiger charge is -2.20. The molecule has 3 rings (SSSR count). The maximum Gasteiger partial charge on any atom is 0.322 e. The van der Waals surface area contributed by atoms with Gasteiger partial charge in [0.25, 0.3) is 5.91 Å². The predicted octanol–water partition coefficient (Wildman–Crippen LogP) is 2.63. The van der Waals surface area contributed by atoms with E-state index in [-0.39, 0.29) is 24.4 Å². The highest BCUT2D eigenvalue weighted by Crippen LogP contribution is 2.24. The Hall–Kier alpha value is -3.13. The van der Waals surface area contributed by atoms with Crippen LogP contribution in [0.3, 0.4) is 0 Å². The molecule has 0 atom stereocenters. The van der Waals surface area contributed by atoms with Crippen LogP contribution in [0.25, 0.3) is 0 Å². The SMILES string of the molecule is COCCNC(=O)c1cccc(NC(=O)N2CCOc3cc(F)ccc3C2)c1. The molecule has 0 unspecified atom stereocenters. The van der Waals surface area contributed by atoms with E-state index in [0.717, 1.165) is 5.56 Å². The van der Waals surface area contributed by atoms with E-state index in [0.29, 0.717) is 43.2 Å². The van der Waals surface area contributed by atoms with Gasteiger partial charge in [0.15, 0.2) is 0 Å². The van der Waals surface area contributed by atoms with Crippen LogP contribution < -0.4 is 15.4 Å². The minimum absolute atomic E-state index is 0.243. The molecule has 2 aromatic rings. The second-order valence-corrected chi connectivity index (χ2v) is 6.28. The number of amides is 3. The number of benzene rings is 2. The lowest BCUT2D eigenvalue weighted by molar-refractivity contribution is 0.0937. The third-order valence-electron chi connectivity index (χ3n) is 4.26. The Balaban J connectivity index is 1.65. The Morgan fingerprint density at radius 2 is 2.11 bits per heavy atom. The third-order valence-corrected chi connectivity index (χ3v) is 4.26. The zero-order chi connectivity index (χ0) is 19.9. The fourth-order valence-corrected chi connectivity index (χ4v) is 2.83. The molecule has 1 aliphatic rings. The summed E-state index contributed by atoms with van der Waals surface area (Å²) in [7, 11) is 1.56. The van der Waals surface area contributed by atoms with Crippen molar-refractivity contribution in [2.24, 2.45) is 0 Å². The summed E-state index contributed by atoms with van der Waals surface area (Å²) in [4.78, 5) is 26.4. The maximum atomic E-state index is 13.4. The Morgan fingerprint density at radius 1 is 1.25 bits per heavy atom. The lowest BCUT2D eigenvalue weighted by Crippen LogP contribution is -2.36. The van der Waals surface area contributed by atoms with Crippen LogP contribution in [0, 0.1) is 5.82 Å². The molecule has 1 aliphatic heterocycles. The Morgan fingerprint density at radius 3 is 2.93 bits per heavy atom. The lowest BCUT2D eigenvalue weighted by atomic mass is 10.2. The van der Waals surface area contributed by atoms with Gasteiger partial charge in [0.05, 0.1) is 19.7 Å². The normalized spacial score (nSPS) is 13.1. The topological polar surface area (TPSA) is 79.9 Å². The molecule has 28 heavy (non-hydrogen) atoms. The number of hydrogen-bond donors (Lipinski definition) is 2. The highest BCUT2D eigenvalue weighted by atomic mass is 19.1. The van der Waals surface area contributed by atoms with Gasteiger partial charge in [-0.25, -0.2) is 9.18 Å². The first kappa shape index (κ1) is 19.6. The van der Waals surface area contributed by atoms with Crippen LogP contribution in [0.2, 0.25) is 0 Å². The molecule has 7 nitrogen and oxygen atoms in total. The van der Waals surface area contributed by atoms with E-state index >= 15 is 0 Å². The number of anilines is 1. The molecule has 0 fully saturated rings. The van der Waals surface area contributed by atoms with E-state index in [1.54, 1.807) is 42.3 Å². The molecule has 3 amide bonds. The van der Waals surface area contributed by atoms with Gasteiger partial charge in [-0.15, -0.1) is 0 Å². The van der Waals surface area contributed by atoms with Crippen molar-refractivity contribution in [3.63, 3.8) is 0 Å². The second kappa shape index (κ2) is 9.18. The van der Waals surface area contributed by atoms with Crippen molar-refractivity contribution in [3.8, 4) is 5.75 Å². The molecule has 2 aromatic carbocycles. The van der Waals surface area contributed by atoms with Crippen molar-refractivity contribution in [1.29, 1.82) is 0 Å². The van der Waals surface area contributed by atoms with Gasteiger partial charge in [0.2, 0.25) is 0 Å². The van der Waals surface area contributed by atoms with Crippen LogP contribution in [0.1, 0.15) is 15.9 Å². The van der Waals surface area contributed by atoms with Crippen LogP contribution in [0.15, 0.2) is 42.5 Å². The van der Waals surface area contributed by atoms with Gasteiger partial charge in [0, 0.05) is 36.5 Å². The maximum absolute atomic E-state index is 13.4. The first-order valence-electron chi connectivity index (χ1n) is 8.91.